The number of carbonyl (C=O) groups excluding carboxylic acids is 2. The normalized spacial score (nSPS) is 10.8. The maximum atomic E-state index is 12.2. The minimum atomic E-state index is -0.424. The molecule has 25 heavy (non-hydrogen) atoms. The average molecular weight is 375 g/mol. The summed E-state index contributed by atoms with van der Waals surface area (Å²) in [7, 11) is 0. The van der Waals surface area contributed by atoms with E-state index in [4.69, 9.17) is 4.74 Å². The number of esters is 1. The number of hydrogen-bond acceptors (Lipinski definition) is 6. The molecule has 0 saturated heterocycles. The van der Waals surface area contributed by atoms with E-state index in [-0.39, 0.29) is 11.7 Å². The van der Waals surface area contributed by atoms with Crippen LogP contribution in [0.15, 0.2) is 35.5 Å². The molecule has 0 aliphatic rings. The van der Waals surface area contributed by atoms with Crippen molar-refractivity contribution < 1.29 is 14.3 Å². The van der Waals surface area contributed by atoms with Crippen LogP contribution in [-0.2, 0) is 9.53 Å². The van der Waals surface area contributed by atoms with E-state index in [2.05, 4.69) is 15.3 Å². The number of aryl methyl sites for hydroxylation is 1. The number of benzene rings is 1. The van der Waals surface area contributed by atoms with E-state index in [1.54, 1.807) is 13.0 Å². The Morgan fingerprint density at radius 3 is 2.92 bits per heavy atom. The van der Waals surface area contributed by atoms with Gasteiger partial charge in [-0.2, -0.15) is 0 Å². The monoisotopic (exact) mass is 375 g/mol. The lowest BCUT2D eigenvalue weighted by molar-refractivity contribution is -0.113. The molecule has 0 saturated carbocycles. The zero-order valence-electron chi connectivity index (χ0n) is 13.8. The molecule has 3 aromatic rings. The second-order valence-corrected chi connectivity index (χ2v) is 7.44. The van der Waals surface area contributed by atoms with Gasteiger partial charge in [0.1, 0.15) is 5.00 Å². The number of H-pyrrole nitrogens is 1. The van der Waals surface area contributed by atoms with Crippen LogP contribution in [0.3, 0.4) is 0 Å². The average Bonchev–Trinajstić information content (AvgIpc) is 3.16. The van der Waals surface area contributed by atoms with Crippen molar-refractivity contribution in [2.75, 3.05) is 17.7 Å². The topological polar surface area (TPSA) is 84.1 Å². The van der Waals surface area contributed by atoms with Gasteiger partial charge < -0.3 is 15.0 Å². The number of aromatic amines is 1. The van der Waals surface area contributed by atoms with Crippen LogP contribution < -0.4 is 5.32 Å². The summed E-state index contributed by atoms with van der Waals surface area (Å²) in [5.74, 6) is -0.427. The number of thiophene rings is 1. The molecule has 130 valence electrons. The molecule has 6 nitrogen and oxygen atoms in total. The van der Waals surface area contributed by atoms with Gasteiger partial charge in [-0.25, -0.2) is 9.78 Å². The van der Waals surface area contributed by atoms with Gasteiger partial charge in [-0.3, -0.25) is 4.79 Å². The summed E-state index contributed by atoms with van der Waals surface area (Å²) >= 11 is 2.67. The second kappa shape index (κ2) is 7.71. The Labute approximate surface area is 153 Å². The van der Waals surface area contributed by atoms with Crippen LogP contribution in [0.2, 0.25) is 0 Å². The van der Waals surface area contributed by atoms with Crippen molar-refractivity contribution in [1.29, 1.82) is 0 Å². The van der Waals surface area contributed by atoms with Gasteiger partial charge in [0.25, 0.3) is 0 Å². The smallest absolute Gasteiger partial charge is 0.341 e. The summed E-state index contributed by atoms with van der Waals surface area (Å²) in [6, 6.07) is 9.42. The van der Waals surface area contributed by atoms with Crippen LogP contribution in [0.25, 0.3) is 11.0 Å². The van der Waals surface area contributed by atoms with Crippen molar-refractivity contribution in [3.63, 3.8) is 0 Å². The van der Waals surface area contributed by atoms with E-state index in [0.717, 1.165) is 15.9 Å². The molecule has 3 rings (SSSR count). The standard InChI is InChI=1S/C17H17N3O3S2/c1-3-23-16(22)11-8-10(2)25-15(11)20-14(21)9-24-17-18-12-6-4-5-7-13(12)19-17/h4-8H,3,9H2,1-2H3,(H,18,19)(H,20,21). The Morgan fingerprint density at radius 2 is 2.16 bits per heavy atom. The highest BCUT2D eigenvalue weighted by Gasteiger charge is 2.18. The minimum absolute atomic E-state index is 0.193. The number of nitrogens with one attached hydrogen (secondary N) is 2. The van der Waals surface area contributed by atoms with Gasteiger partial charge in [-0.15, -0.1) is 11.3 Å². The third-order valence-electron chi connectivity index (χ3n) is 3.31. The first-order valence-electron chi connectivity index (χ1n) is 7.71. The van der Waals surface area contributed by atoms with Gasteiger partial charge in [0.05, 0.1) is 29.0 Å². The summed E-state index contributed by atoms with van der Waals surface area (Å²) in [6.07, 6.45) is 0. The summed E-state index contributed by atoms with van der Waals surface area (Å²) in [4.78, 5) is 32.7. The number of hydrogen-bond donors (Lipinski definition) is 2. The number of ether oxygens (including phenoxy) is 1. The fraction of sp³-hybridized carbons (Fsp3) is 0.235. The van der Waals surface area contributed by atoms with Gasteiger partial charge in [-0.05, 0) is 32.0 Å². The highest BCUT2D eigenvalue weighted by Crippen LogP contribution is 2.29. The Balaban J connectivity index is 1.63. The maximum absolute atomic E-state index is 12.2. The highest BCUT2D eigenvalue weighted by atomic mass is 32.2. The predicted octanol–water partition coefficient (Wildman–Crippen LogP) is 3.84. The molecule has 0 spiro atoms. The molecule has 0 unspecified atom stereocenters. The molecule has 0 aliphatic heterocycles. The third-order valence-corrected chi connectivity index (χ3v) is 5.15. The Kier molecular flexibility index (Phi) is 5.40. The van der Waals surface area contributed by atoms with E-state index in [1.165, 1.54) is 23.1 Å². The molecule has 2 aromatic heterocycles. The van der Waals surface area contributed by atoms with Crippen LogP contribution in [0.4, 0.5) is 5.00 Å². The largest absolute Gasteiger partial charge is 0.462 e. The molecule has 0 atom stereocenters. The molecular formula is C17H17N3O3S2. The van der Waals surface area contributed by atoms with E-state index < -0.39 is 5.97 Å². The first kappa shape index (κ1) is 17.5. The molecule has 1 aromatic carbocycles. The van der Waals surface area contributed by atoms with Crippen LogP contribution in [-0.4, -0.2) is 34.2 Å². The molecule has 2 N–H and O–H groups in total. The van der Waals surface area contributed by atoms with Gasteiger partial charge in [0.2, 0.25) is 5.91 Å². The van der Waals surface area contributed by atoms with Gasteiger partial charge >= 0.3 is 5.97 Å². The number of thioether (sulfide) groups is 1. The summed E-state index contributed by atoms with van der Waals surface area (Å²) in [6.45, 7) is 3.93. The van der Waals surface area contributed by atoms with Crippen LogP contribution in [0.1, 0.15) is 22.2 Å². The van der Waals surface area contributed by atoms with Gasteiger partial charge in [-0.1, -0.05) is 23.9 Å². The predicted molar refractivity (Wildman–Crippen MR) is 100 cm³/mol. The SMILES string of the molecule is CCOC(=O)c1cc(C)sc1NC(=O)CSc1nc2ccccc2[nH]1. The molecule has 2 heterocycles. The van der Waals surface area contributed by atoms with Crippen molar-refractivity contribution >= 4 is 51.0 Å². The molecule has 8 heteroatoms. The third kappa shape index (κ3) is 4.21. The lowest BCUT2D eigenvalue weighted by Crippen LogP contribution is -2.16. The molecule has 0 bridgehead atoms. The molecule has 0 radical (unpaired) electrons. The number of nitrogens with zero attached hydrogens (tertiary/aromatic N) is 1. The number of aromatic nitrogens is 2. The zero-order valence-corrected chi connectivity index (χ0v) is 15.4. The van der Waals surface area contributed by atoms with Crippen molar-refractivity contribution in [3.8, 4) is 0 Å². The number of amides is 1. The van der Waals surface area contributed by atoms with Crippen molar-refractivity contribution in [2.45, 2.75) is 19.0 Å². The van der Waals surface area contributed by atoms with Crippen molar-refractivity contribution in [2.24, 2.45) is 0 Å². The van der Waals surface area contributed by atoms with Crippen LogP contribution in [0.5, 0.6) is 0 Å². The Morgan fingerprint density at radius 1 is 1.36 bits per heavy atom. The number of carbonyl (C=O) groups is 2. The Hall–Kier alpha value is -2.32. The molecule has 1 amide bonds. The van der Waals surface area contributed by atoms with E-state index >= 15 is 0 Å². The van der Waals surface area contributed by atoms with E-state index in [9.17, 15) is 9.59 Å². The quantitative estimate of drug-likeness (QED) is 0.505. The number of imidazole rings is 1. The zero-order chi connectivity index (χ0) is 17.8. The fourth-order valence-corrected chi connectivity index (χ4v) is 3.86. The van der Waals surface area contributed by atoms with Crippen molar-refractivity contribution in [3.05, 3.63) is 40.8 Å². The fourth-order valence-electron chi connectivity index (χ4n) is 2.26. The van der Waals surface area contributed by atoms with E-state index in [0.29, 0.717) is 22.3 Å². The number of para-hydroxylation sites is 2. The van der Waals surface area contributed by atoms with Crippen molar-refractivity contribution in [1.82, 2.24) is 9.97 Å². The minimum Gasteiger partial charge on any atom is -0.462 e. The second-order valence-electron chi connectivity index (χ2n) is 5.22. The lowest BCUT2D eigenvalue weighted by Gasteiger charge is -2.05. The number of rotatable bonds is 6. The number of fused-ring (bicyclic) bond motifs is 1. The Bertz CT molecular complexity index is 884. The summed E-state index contributed by atoms with van der Waals surface area (Å²) in [5.41, 5.74) is 2.19. The maximum Gasteiger partial charge on any atom is 0.341 e. The van der Waals surface area contributed by atoms with Crippen LogP contribution in [0, 0.1) is 6.92 Å². The number of anilines is 1. The summed E-state index contributed by atoms with van der Waals surface area (Å²) < 4.78 is 5.02. The van der Waals surface area contributed by atoms with Gasteiger partial charge in [0.15, 0.2) is 5.16 Å². The highest BCUT2D eigenvalue weighted by molar-refractivity contribution is 7.99. The molecule has 0 fully saturated rings. The van der Waals surface area contributed by atoms with Gasteiger partial charge in [0, 0.05) is 4.88 Å². The lowest BCUT2D eigenvalue weighted by atomic mass is 10.3. The summed E-state index contributed by atoms with van der Waals surface area (Å²) in [5, 5.41) is 4.00. The molecule has 0 aliphatic carbocycles. The molecular weight excluding hydrogens is 358 g/mol. The van der Waals surface area contributed by atoms with E-state index in [1.807, 2.05) is 31.2 Å². The van der Waals surface area contributed by atoms with Crippen LogP contribution >= 0.6 is 23.1 Å². The first-order valence-corrected chi connectivity index (χ1v) is 9.52. The first-order chi connectivity index (χ1) is 12.1.